The molecule has 124 valence electrons. The maximum Gasteiger partial charge on any atom is 0.257 e. The van der Waals surface area contributed by atoms with Gasteiger partial charge in [-0.3, -0.25) is 4.79 Å². The van der Waals surface area contributed by atoms with Crippen LogP contribution in [0.3, 0.4) is 0 Å². The van der Waals surface area contributed by atoms with Gasteiger partial charge in [-0.2, -0.15) is 0 Å². The van der Waals surface area contributed by atoms with Crippen LogP contribution >= 0.6 is 11.8 Å². The first-order valence-electron chi connectivity index (χ1n) is 8.00. The number of amides is 1. The van der Waals surface area contributed by atoms with Crippen LogP contribution in [0, 0.1) is 6.92 Å². The van der Waals surface area contributed by atoms with Crippen molar-refractivity contribution >= 4 is 28.8 Å². The van der Waals surface area contributed by atoms with Gasteiger partial charge in [0.2, 0.25) is 5.91 Å². The van der Waals surface area contributed by atoms with Crippen LogP contribution < -0.4 is 5.32 Å². The monoisotopic (exact) mass is 340 g/mol. The van der Waals surface area contributed by atoms with Gasteiger partial charge >= 0.3 is 0 Å². The van der Waals surface area contributed by atoms with E-state index < -0.39 is 0 Å². The number of nitrogens with one attached hydrogen (secondary N) is 1. The van der Waals surface area contributed by atoms with E-state index in [0.29, 0.717) is 5.22 Å². The SMILES string of the molecule is CC[C@@H](NC(=O)CSc1nc2ccccc2o1)c1ccc(C)cc1. The molecule has 0 aliphatic rings. The maximum atomic E-state index is 12.2. The summed E-state index contributed by atoms with van der Waals surface area (Å²) in [5.41, 5.74) is 3.90. The van der Waals surface area contributed by atoms with Crippen molar-refractivity contribution < 1.29 is 9.21 Å². The van der Waals surface area contributed by atoms with Crippen molar-refractivity contribution in [2.24, 2.45) is 0 Å². The standard InChI is InChI=1S/C19H20N2O2S/c1-3-15(14-10-8-13(2)9-11-14)20-18(22)12-24-19-21-16-6-4-5-7-17(16)23-19/h4-11,15H,3,12H2,1-2H3,(H,20,22)/t15-/m1/s1. The van der Waals surface area contributed by atoms with Gasteiger partial charge < -0.3 is 9.73 Å². The lowest BCUT2D eigenvalue weighted by Gasteiger charge is -2.17. The summed E-state index contributed by atoms with van der Waals surface area (Å²) in [5.74, 6) is 0.268. The van der Waals surface area contributed by atoms with Crippen molar-refractivity contribution in [1.29, 1.82) is 0 Å². The topological polar surface area (TPSA) is 55.1 Å². The summed E-state index contributed by atoms with van der Waals surface area (Å²) in [7, 11) is 0. The van der Waals surface area contributed by atoms with Crippen LogP contribution in [-0.2, 0) is 4.79 Å². The Bertz CT molecular complexity index is 794. The number of thioether (sulfide) groups is 1. The molecule has 0 radical (unpaired) electrons. The van der Waals surface area contributed by atoms with Gasteiger partial charge in [0, 0.05) is 0 Å². The van der Waals surface area contributed by atoms with Crippen molar-refractivity contribution in [1.82, 2.24) is 10.3 Å². The molecular formula is C19H20N2O2S. The number of nitrogens with zero attached hydrogens (tertiary/aromatic N) is 1. The quantitative estimate of drug-likeness (QED) is 0.672. The summed E-state index contributed by atoms with van der Waals surface area (Å²) in [6.45, 7) is 4.12. The van der Waals surface area contributed by atoms with Crippen LogP contribution in [0.2, 0.25) is 0 Å². The lowest BCUT2D eigenvalue weighted by molar-refractivity contribution is -0.119. The molecule has 0 spiro atoms. The van der Waals surface area contributed by atoms with Crippen LogP contribution in [0.25, 0.3) is 11.1 Å². The van der Waals surface area contributed by atoms with Crippen molar-refractivity contribution in [2.75, 3.05) is 5.75 Å². The summed E-state index contributed by atoms with van der Waals surface area (Å²) in [5, 5.41) is 3.60. The molecule has 1 heterocycles. The van der Waals surface area contributed by atoms with Crippen LogP contribution in [-0.4, -0.2) is 16.6 Å². The Labute approximate surface area is 145 Å². The van der Waals surface area contributed by atoms with E-state index in [0.717, 1.165) is 23.1 Å². The van der Waals surface area contributed by atoms with Gasteiger partial charge in [0.05, 0.1) is 11.8 Å². The molecule has 0 saturated carbocycles. The zero-order valence-corrected chi connectivity index (χ0v) is 14.6. The van der Waals surface area contributed by atoms with Crippen molar-refractivity contribution in [3.05, 3.63) is 59.7 Å². The first-order chi connectivity index (χ1) is 11.7. The minimum atomic E-state index is -0.0188. The fourth-order valence-electron chi connectivity index (χ4n) is 2.50. The van der Waals surface area contributed by atoms with E-state index in [1.165, 1.54) is 17.3 Å². The molecule has 0 aliphatic heterocycles. The highest BCUT2D eigenvalue weighted by atomic mass is 32.2. The highest BCUT2D eigenvalue weighted by Crippen LogP contribution is 2.23. The molecule has 0 unspecified atom stereocenters. The third-order valence-corrected chi connectivity index (χ3v) is 4.65. The van der Waals surface area contributed by atoms with Gasteiger partial charge in [-0.25, -0.2) is 4.98 Å². The zero-order chi connectivity index (χ0) is 16.9. The average molecular weight is 340 g/mol. The van der Waals surface area contributed by atoms with Crippen LogP contribution in [0.4, 0.5) is 0 Å². The number of hydrogen-bond acceptors (Lipinski definition) is 4. The van der Waals surface area contributed by atoms with Gasteiger partial charge in [0.25, 0.3) is 5.22 Å². The summed E-state index contributed by atoms with van der Waals surface area (Å²) in [6, 6.07) is 15.9. The predicted octanol–water partition coefficient (Wildman–Crippen LogP) is 4.50. The average Bonchev–Trinajstić information content (AvgIpc) is 3.02. The van der Waals surface area contributed by atoms with E-state index in [4.69, 9.17) is 4.42 Å². The Hall–Kier alpha value is -2.27. The molecule has 0 saturated heterocycles. The van der Waals surface area contributed by atoms with Gasteiger partial charge in [-0.15, -0.1) is 0 Å². The molecule has 3 rings (SSSR count). The number of carbonyl (C=O) groups is 1. The lowest BCUT2D eigenvalue weighted by atomic mass is 10.0. The fraction of sp³-hybridized carbons (Fsp3) is 0.263. The van der Waals surface area contributed by atoms with Crippen molar-refractivity contribution in [3.8, 4) is 0 Å². The fourth-order valence-corrected chi connectivity index (χ4v) is 3.15. The van der Waals surface area contributed by atoms with E-state index in [1.807, 2.05) is 24.3 Å². The second-order valence-electron chi connectivity index (χ2n) is 5.68. The first-order valence-corrected chi connectivity index (χ1v) is 8.98. The molecule has 2 aromatic carbocycles. The van der Waals surface area contributed by atoms with Crippen molar-refractivity contribution in [2.45, 2.75) is 31.5 Å². The van der Waals surface area contributed by atoms with E-state index in [-0.39, 0.29) is 17.7 Å². The minimum Gasteiger partial charge on any atom is -0.431 e. The number of fused-ring (bicyclic) bond motifs is 1. The minimum absolute atomic E-state index is 0.0188. The first kappa shape index (κ1) is 16.6. The largest absolute Gasteiger partial charge is 0.431 e. The predicted molar refractivity (Wildman–Crippen MR) is 97.1 cm³/mol. The number of aromatic nitrogens is 1. The van der Waals surface area contributed by atoms with Crippen LogP contribution in [0.5, 0.6) is 0 Å². The highest BCUT2D eigenvalue weighted by Gasteiger charge is 2.14. The van der Waals surface area contributed by atoms with Crippen LogP contribution in [0.1, 0.15) is 30.5 Å². The Morgan fingerprint density at radius 2 is 1.96 bits per heavy atom. The number of rotatable bonds is 6. The van der Waals surface area contributed by atoms with Gasteiger partial charge in [0.1, 0.15) is 5.52 Å². The molecule has 0 fully saturated rings. The molecule has 0 bridgehead atoms. The summed E-state index contributed by atoms with van der Waals surface area (Å²) >= 11 is 1.31. The third kappa shape index (κ3) is 3.97. The molecule has 1 N–H and O–H groups in total. The van der Waals surface area contributed by atoms with Crippen molar-refractivity contribution in [3.63, 3.8) is 0 Å². The molecular weight excluding hydrogens is 320 g/mol. The van der Waals surface area contributed by atoms with Gasteiger partial charge in [-0.05, 0) is 31.0 Å². The number of benzene rings is 2. The summed E-state index contributed by atoms with van der Waals surface area (Å²) < 4.78 is 5.62. The number of hydrogen-bond donors (Lipinski definition) is 1. The molecule has 24 heavy (non-hydrogen) atoms. The lowest BCUT2D eigenvalue weighted by Crippen LogP contribution is -2.29. The molecule has 1 amide bonds. The Morgan fingerprint density at radius 3 is 2.67 bits per heavy atom. The smallest absolute Gasteiger partial charge is 0.257 e. The normalized spacial score (nSPS) is 12.2. The molecule has 0 aliphatic carbocycles. The molecule has 1 aromatic heterocycles. The summed E-state index contributed by atoms with van der Waals surface area (Å²) in [6.07, 6.45) is 0.850. The van der Waals surface area contributed by atoms with Gasteiger partial charge in [0.15, 0.2) is 5.58 Å². The number of carbonyl (C=O) groups excluding carboxylic acids is 1. The second-order valence-corrected chi connectivity index (χ2v) is 6.60. The Kier molecular flexibility index (Phi) is 5.20. The van der Waals surface area contributed by atoms with Crippen LogP contribution in [0.15, 0.2) is 58.2 Å². The third-order valence-electron chi connectivity index (χ3n) is 3.82. The van der Waals surface area contributed by atoms with E-state index in [9.17, 15) is 4.79 Å². The Morgan fingerprint density at radius 1 is 1.21 bits per heavy atom. The molecule has 3 aromatic rings. The second kappa shape index (κ2) is 7.53. The van der Waals surface area contributed by atoms with E-state index in [2.05, 4.69) is 48.4 Å². The molecule has 1 atom stereocenters. The maximum absolute atomic E-state index is 12.2. The van der Waals surface area contributed by atoms with Gasteiger partial charge in [-0.1, -0.05) is 60.6 Å². The van der Waals surface area contributed by atoms with E-state index in [1.54, 1.807) is 0 Å². The Balaban J connectivity index is 1.58. The highest BCUT2D eigenvalue weighted by molar-refractivity contribution is 7.99. The zero-order valence-electron chi connectivity index (χ0n) is 13.8. The summed E-state index contributed by atoms with van der Waals surface area (Å²) in [4.78, 5) is 16.6. The number of aryl methyl sites for hydroxylation is 1. The number of oxazole rings is 1. The molecule has 5 heteroatoms. The molecule has 4 nitrogen and oxygen atoms in total. The van der Waals surface area contributed by atoms with E-state index >= 15 is 0 Å². The number of para-hydroxylation sites is 2.